The average molecular weight is 268 g/mol. The highest BCUT2D eigenvalue weighted by molar-refractivity contribution is 5.64. The molecule has 0 spiro atoms. The number of nitrogens with zero attached hydrogens (tertiary/aromatic N) is 2. The number of aromatic nitrogens is 2. The largest absolute Gasteiger partial charge is 0.255 e. The van der Waals surface area contributed by atoms with Crippen LogP contribution in [0.4, 0.5) is 8.78 Å². The van der Waals surface area contributed by atoms with Crippen LogP contribution in [-0.2, 0) is 0 Å². The van der Waals surface area contributed by atoms with Crippen LogP contribution in [0, 0.1) is 11.6 Å². The fraction of sp³-hybridized carbons (Fsp3) is 0. The molecule has 0 bridgehead atoms. The molecule has 0 aliphatic rings. The molecule has 0 radical (unpaired) electrons. The number of halogens is 2. The van der Waals surface area contributed by atoms with Crippen LogP contribution in [0.15, 0.2) is 60.8 Å². The predicted molar refractivity (Wildman–Crippen MR) is 72.8 cm³/mol. The molecule has 3 aromatic rings. The second-order valence-corrected chi connectivity index (χ2v) is 4.25. The molecule has 20 heavy (non-hydrogen) atoms. The van der Waals surface area contributed by atoms with E-state index < -0.39 is 11.6 Å². The summed E-state index contributed by atoms with van der Waals surface area (Å²) in [5, 5.41) is 0. The molecule has 0 unspecified atom stereocenters. The molecule has 0 amide bonds. The SMILES string of the molecule is Fc1ccc(-c2cccc(-c3ccccn3)n2)c(F)c1. The van der Waals surface area contributed by atoms with E-state index in [1.807, 2.05) is 18.2 Å². The molecular weight excluding hydrogens is 258 g/mol. The van der Waals surface area contributed by atoms with Gasteiger partial charge in [-0.3, -0.25) is 4.98 Å². The van der Waals surface area contributed by atoms with Crippen molar-refractivity contribution in [3.8, 4) is 22.6 Å². The maximum absolute atomic E-state index is 13.8. The molecule has 98 valence electrons. The van der Waals surface area contributed by atoms with Gasteiger partial charge in [0.15, 0.2) is 0 Å². The van der Waals surface area contributed by atoms with E-state index in [9.17, 15) is 8.78 Å². The van der Waals surface area contributed by atoms with E-state index >= 15 is 0 Å². The summed E-state index contributed by atoms with van der Waals surface area (Å²) < 4.78 is 26.7. The van der Waals surface area contributed by atoms with Gasteiger partial charge in [0.2, 0.25) is 0 Å². The number of benzene rings is 1. The van der Waals surface area contributed by atoms with Gasteiger partial charge in [-0.25, -0.2) is 13.8 Å². The quantitative estimate of drug-likeness (QED) is 0.699. The minimum Gasteiger partial charge on any atom is -0.255 e. The minimum absolute atomic E-state index is 0.268. The Morgan fingerprint density at radius 3 is 2.30 bits per heavy atom. The van der Waals surface area contributed by atoms with Gasteiger partial charge in [0.05, 0.1) is 17.1 Å². The van der Waals surface area contributed by atoms with Crippen LogP contribution < -0.4 is 0 Å². The number of hydrogen-bond acceptors (Lipinski definition) is 2. The first kappa shape index (κ1) is 12.4. The Balaban J connectivity index is 2.08. The van der Waals surface area contributed by atoms with Crippen molar-refractivity contribution in [1.29, 1.82) is 0 Å². The lowest BCUT2D eigenvalue weighted by Crippen LogP contribution is -1.92. The number of pyridine rings is 2. The van der Waals surface area contributed by atoms with Crippen molar-refractivity contribution in [2.75, 3.05) is 0 Å². The van der Waals surface area contributed by atoms with Crippen LogP contribution in [0.3, 0.4) is 0 Å². The molecule has 0 aliphatic heterocycles. The van der Waals surface area contributed by atoms with Gasteiger partial charge < -0.3 is 0 Å². The van der Waals surface area contributed by atoms with Crippen LogP contribution in [0.5, 0.6) is 0 Å². The van der Waals surface area contributed by atoms with Crippen LogP contribution in [0.1, 0.15) is 0 Å². The van der Waals surface area contributed by atoms with Crippen LogP contribution in [-0.4, -0.2) is 9.97 Å². The van der Waals surface area contributed by atoms with E-state index in [-0.39, 0.29) is 5.56 Å². The maximum Gasteiger partial charge on any atom is 0.135 e. The van der Waals surface area contributed by atoms with Crippen LogP contribution in [0.25, 0.3) is 22.6 Å². The van der Waals surface area contributed by atoms with E-state index in [1.165, 1.54) is 12.1 Å². The molecule has 4 heteroatoms. The molecule has 2 nitrogen and oxygen atoms in total. The Bertz CT molecular complexity index is 742. The zero-order valence-corrected chi connectivity index (χ0v) is 10.4. The molecule has 2 heterocycles. The Hall–Kier alpha value is -2.62. The molecule has 1 aromatic carbocycles. The highest BCUT2D eigenvalue weighted by Crippen LogP contribution is 2.24. The smallest absolute Gasteiger partial charge is 0.135 e. The van der Waals surface area contributed by atoms with Gasteiger partial charge >= 0.3 is 0 Å². The summed E-state index contributed by atoms with van der Waals surface area (Å²) in [6, 6.07) is 14.2. The Kier molecular flexibility index (Phi) is 3.21. The molecule has 0 saturated carbocycles. The monoisotopic (exact) mass is 268 g/mol. The van der Waals surface area contributed by atoms with Crippen molar-refractivity contribution in [2.45, 2.75) is 0 Å². The molecule has 0 atom stereocenters. The standard InChI is InChI=1S/C16H10F2N2/c17-11-7-8-12(13(18)10-11)14-5-3-6-16(20-14)15-4-1-2-9-19-15/h1-10H. The third-order valence-corrected chi connectivity index (χ3v) is 2.88. The molecule has 3 rings (SSSR count). The van der Waals surface area contributed by atoms with E-state index in [2.05, 4.69) is 9.97 Å². The summed E-state index contributed by atoms with van der Waals surface area (Å²) in [4.78, 5) is 8.58. The van der Waals surface area contributed by atoms with Gasteiger partial charge in [-0.15, -0.1) is 0 Å². The van der Waals surface area contributed by atoms with Crippen LogP contribution in [0.2, 0.25) is 0 Å². The van der Waals surface area contributed by atoms with E-state index in [0.717, 1.165) is 6.07 Å². The van der Waals surface area contributed by atoms with E-state index in [1.54, 1.807) is 24.4 Å². The van der Waals surface area contributed by atoms with Gasteiger partial charge in [-0.05, 0) is 36.4 Å². The van der Waals surface area contributed by atoms with E-state index in [4.69, 9.17) is 0 Å². The summed E-state index contributed by atoms with van der Waals surface area (Å²) in [5.41, 5.74) is 2.07. The van der Waals surface area contributed by atoms with Crippen molar-refractivity contribution >= 4 is 0 Å². The second-order valence-electron chi connectivity index (χ2n) is 4.25. The lowest BCUT2D eigenvalue weighted by atomic mass is 10.1. The fourth-order valence-corrected chi connectivity index (χ4v) is 1.94. The lowest BCUT2D eigenvalue weighted by molar-refractivity contribution is 0.585. The van der Waals surface area contributed by atoms with Crippen LogP contribution >= 0.6 is 0 Å². The van der Waals surface area contributed by atoms with Gasteiger partial charge in [0.25, 0.3) is 0 Å². The van der Waals surface area contributed by atoms with E-state index in [0.29, 0.717) is 17.1 Å². The zero-order valence-electron chi connectivity index (χ0n) is 10.4. The summed E-state index contributed by atoms with van der Waals surface area (Å²) in [6.45, 7) is 0. The summed E-state index contributed by atoms with van der Waals surface area (Å²) >= 11 is 0. The third kappa shape index (κ3) is 2.40. The molecule has 0 saturated heterocycles. The second kappa shape index (κ2) is 5.17. The molecule has 0 fully saturated rings. The minimum atomic E-state index is -0.629. The normalized spacial score (nSPS) is 10.5. The van der Waals surface area contributed by atoms with Crippen molar-refractivity contribution in [3.05, 3.63) is 72.4 Å². The summed E-state index contributed by atoms with van der Waals surface area (Å²) in [6.07, 6.45) is 1.67. The van der Waals surface area contributed by atoms with Crippen molar-refractivity contribution in [3.63, 3.8) is 0 Å². The molecular formula is C16H10F2N2. The zero-order chi connectivity index (χ0) is 13.9. The highest BCUT2D eigenvalue weighted by atomic mass is 19.1. The number of hydrogen-bond donors (Lipinski definition) is 0. The fourth-order valence-electron chi connectivity index (χ4n) is 1.94. The first-order valence-corrected chi connectivity index (χ1v) is 6.08. The van der Waals surface area contributed by atoms with Gasteiger partial charge in [-0.2, -0.15) is 0 Å². The summed E-state index contributed by atoms with van der Waals surface area (Å²) in [7, 11) is 0. The Morgan fingerprint density at radius 2 is 1.55 bits per heavy atom. The van der Waals surface area contributed by atoms with Crippen molar-refractivity contribution in [2.24, 2.45) is 0 Å². The third-order valence-electron chi connectivity index (χ3n) is 2.88. The highest BCUT2D eigenvalue weighted by Gasteiger charge is 2.09. The molecule has 0 N–H and O–H groups in total. The summed E-state index contributed by atoms with van der Waals surface area (Å²) in [5.74, 6) is -1.23. The first-order valence-electron chi connectivity index (χ1n) is 6.08. The van der Waals surface area contributed by atoms with Gasteiger partial charge in [0.1, 0.15) is 11.6 Å². The van der Waals surface area contributed by atoms with Crippen molar-refractivity contribution in [1.82, 2.24) is 9.97 Å². The molecule has 0 aliphatic carbocycles. The predicted octanol–water partition coefficient (Wildman–Crippen LogP) is 4.09. The van der Waals surface area contributed by atoms with Gasteiger partial charge in [0, 0.05) is 17.8 Å². The average Bonchev–Trinajstić information content (AvgIpc) is 2.48. The molecule has 2 aromatic heterocycles. The van der Waals surface area contributed by atoms with Gasteiger partial charge in [-0.1, -0.05) is 12.1 Å². The Morgan fingerprint density at radius 1 is 0.750 bits per heavy atom. The number of rotatable bonds is 2. The maximum atomic E-state index is 13.8. The lowest BCUT2D eigenvalue weighted by Gasteiger charge is -2.05. The first-order chi connectivity index (χ1) is 9.74. The Labute approximate surface area is 114 Å². The topological polar surface area (TPSA) is 25.8 Å². The van der Waals surface area contributed by atoms with Crippen molar-refractivity contribution < 1.29 is 8.78 Å².